The topological polar surface area (TPSA) is 75.4 Å². The summed E-state index contributed by atoms with van der Waals surface area (Å²) in [5.74, 6) is -1.04. The number of carbonyl (C=O) groups is 2. The summed E-state index contributed by atoms with van der Waals surface area (Å²) in [7, 11) is 3.68. The fourth-order valence-electron chi connectivity index (χ4n) is 2.99. The zero-order valence-corrected chi connectivity index (χ0v) is 15.4. The molecule has 0 aliphatic heterocycles. The largest absolute Gasteiger partial charge is 0.478 e. The first-order valence-electron chi connectivity index (χ1n) is 8.27. The molecule has 1 unspecified atom stereocenters. The summed E-state index contributed by atoms with van der Waals surface area (Å²) in [5.41, 5.74) is 4.33. The number of nitrogens with zero attached hydrogens (tertiary/aromatic N) is 3. The molecule has 1 amide bonds. The van der Waals surface area contributed by atoms with E-state index in [2.05, 4.69) is 5.10 Å². The second-order valence-corrected chi connectivity index (χ2v) is 6.57. The first-order chi connectivity index (χ1) is 11.7. The van der Waals surface area contributed by atoms with Gasteiger partial charge in [0.2, 0.25) is 5.91 Å². The Balaban J connectivity index is 2.02. The van der Waals surface area contributed by atoms with Gasteiger partial charge in [-0.2, -0.15) is 5.10 Å². The van der Waals surface area contributed by atoms with E-state index in [-0.39, 0.29) is 17.4 Å². The number of carbonyl (C=O) groups excluding carboxylic acids is 1. The molecule has 1 aromatic carbocycles. The minimum absolute atomic E-state index is 0.0602. The minimum atomic E-state index is -0.952. The number of aromatic carboxylic acids is 1. The lowest BCUT2D eigenvalue weighted by molar-refractivity contribution is -0.134. The number of benzene rings is 1. The van der Waals surface area contributed by atoms with Crippen molar-refractivity contribution in [2.45, 2.75) is 33.7 Å². The molecule has 0 saturated heterocycles. The van der Waals surface area contributed by atoms with E-state index >= 15 is 0 Å². The van der Waals surface area contributed by atoms with Gasteiger partial charge in [0.1, 0.15) is 0 Å². The molecule has 0 saturated carbocycles. The molecule has 0 fully saturated rings. The van der Waals surface area contributed by atoms with Gasteiger partial charge in [0.05, 0.1) is 11.3 Å². The van der Waals surface area contributed by atoms with Crippen molar-refractivity contribution < 1.29 is 14.7 Å². The Kier molecular flexibility index (Phi) is 5.62. The standard InChI is InChI=1S/C19H25N3O3/c1-12(10-17-13(2)20-22(5)14(17)3)18(23)21(4)11-15-6-8-16(9-7-15)19(24)25/h6-9,12H,10-11H2,1-5H3,(H,24,25). The number of carboxylic acid groups (broad SMARTS) is 1. The van der Waals surface area contributed by atoms with Crippen molar-refractivity contribution >= 4 is 11.9 Å². The third-order valence-corrected chi connectivity index (χ3v) is 4.59. The molecular weight excluding hydrogens is 318 g/mol. The van der Waals surface area contributed by atoms with Crippen molar-refractivity contribution in [3.63, 3.8) is 0 Å². The summed E-state index contributed by atoms with van der Waals surface area (Å²) in [6.45, 7) is 6.36. The van der Waals surface area contributed by atoms with E-state index in [1.165, 1.54) is 0 Å². The molecule has 2 rings (SSSR count). The van der Waals surface area contributed by atoms with Crippen LogP contribution in [0.5, 0.6) is 0 Å². The van der Waals surface area contributed by atoms with Crippen LogP contribution in [0.2, 0.25) is 0 Å². The van der Waals surface area contributed by atoms with Gasteiger partial charge in [-0.05, 0) is 43.5 Å². The predicted octanol–water partition coefficient (Wildman–Crippen LogP) is 2.57. The molecule has 1 aromatic heterocycles. The van der Waals surface area contributed by atoms with Gasteiger partial charge in [0, 0.05) is 32.3 Å². The molecule has 6 heteroatoms. The van der Waals surface area contributed by atoms with Crippen molar-refractivity contribution in [2.75, 3.05) is 7.05 Å². The molecule has 0 bridgehead atoms. The van der Waals surface area contributed by atoms with Gasteiger partial charge in [0.25, 0.3) is 0 Å². The average Bonchev–Trinajstić information content (AvgIpc) is 2.80. The summed E-state index contributed by atoms with van der Waals surface area (Å²) in [4.78, 5) is 25.2. The Morgan fingerprint density at radius 3 is 2.32 bits per heavy atom. The number of hydrogen-bond donors (Lipinski definition) is 1. The van der Waals surface area contributed by atoms with Crippen LogP contribution in [0.25, 0.3) is 0 Å². The zero-order valence-electron chi connectivity index (χ0n) is 15.4. The smallest absolute Gasteiger partial charge is 0.335 e. The molecule has 6 nitrogen and oxygen atoms in total. The SMILES string of the molecule is Cc1nn(C)c(C)c1CC(C)C(=O)N(C)Cc1ccc(C(=O)O)cc1. The monoisotopic (exact) mass is 343 g/mol. The lowest BCUT2D eigenvalue weighted by Crippen LogP contribution is -2.32. The van der Waals surface area contributed by atoms with Crippen molar-refractivity contribution in [3.05, 3.63) is 52.3 Å². The van der Waals surface area contributed by atoms with Crippen LogP contribution < -0.4 is 0 Å². The van der Waals surface area contributed by atoms with Gasteiger partial charge in [0.15, 0.2) is 0 Å². The van der Waals surface area contributed by atoms with E-state index in [1.807, 2.05) is 32.5 Å². The maximum absolute atomic E-state index is 12.7. The van der Waals surface area contributed by atoms with Crippen molar-refractivity contribution in [1.82, 2.24) is 14.7 Å². The van der Waals surface area contributed by atoms with E-state index in [4.69, 9.17) is 5.11 Å². The van der Waals surface area contributed by atoms with Gasteiger partial charge < -0.3 is 10.0 Å². The van der Waals surface area contributed by atoms with Gasteiger partial charge >= 0.3 is 5.97 Å². The molecule has 0 radical (unpaired) electrons. The maximum Gasteiger partial charge on any atom is 0.335 e. The van der Waals surface area contributed by atoms with Gasteiger partial charge in [-0.25, -0.2) is 4.79 Å². The third-order valence-electron chi connectivity index (χ3n) is 4.59. The Morgan fingerprint density at radius 2 is 1.84 bits per heavy atom. The number of amides is 1. The summed E-state index contributed by atoms with van der Waals surface area (Å²) in [6, 6.07) is 6.60. The van der Waals surface area contributed by atoms with Gasteiger partial charge in [-0.3, -0.25) is 9.48 Å². The molecule has 2 aromatic rings. The van der Waals surface area contributed by atoms with Crippen LogP contribution in [0, 0.1) is 19.8 Å². The highest BCUT2D eigenvalue weighted by molar-refractivity contribution is 5.87. The number of carboxylic acids is 1. The molecule has 25 heavy (non-hydrogen) atoms. The molecule has 0 aliphatic rings. The van der Waals surface area contributed by atoms with Crippen LogP contribution in [-0.2, 0) is 24.8 Å². The molecule has 0 aliphatic carbocycles. The Bertz CT molecular complexity index is 778. The molecule has 0 spiro atoms. The minimum Gasteiger partial charge on any atom is -0.478 e. The van der Waals surface area contributed by atoms with Crippen molar-refractivity contribution in [2.24, 2.45) is 13.0 Å². The fourth-order valence-corrected chi connectivity index (χ4v) is 2.99. The third kappa shape index (κ3) is 4.26. The molecular formula is C19H25N3O3. The van der Waals surface area contributed by atoms with Crippen LogP contribution in [0.4, 0.5) is 0 Å². The number of aromatic nitrogens is 2. The van der Waals surface area contributed by atoms with E-state index in [1.54, 1.807) is 36.2 Å². The van der Waals surface area contributed by atoms with E-state index in [9.17, 15) is 9.59 Å². The molecule has 1 heterocycles. The van der Waals surface area contributed by atoms with E-state index < -0.39 is 5.97 Å². The number of hydrogen-bond acceptors (Lipinski definition) is 3. The Hall–Kier alpha value is -2.63. The molecule has 134 valence electrons. The normalized spacial score (nSPS) is 12.0. The van der Waals surface area contributed by atoms with Crippen LogP contribution in [0.3, 0.4) is 0 Å². The highest BCUT2D eigenvalue weighted by atomic mass is 16.4. The van der Waals surface area contributed by atoms with Crippen LogP contribution in [-0.4, -0.2) is 38.7 Å². The lowest BCUT2D eigenvalue weighted by atomic mass is 9.98. The zero-order chi connectivity index (χ0) is 18.7. The van der Waals surface area contributed by atoms with Gasteiger partial charge in [-0.1, -0.05) is 19.1 Å². The first-order valence-corrected chi connectivity index (χ1v) is 8.27. The fraction of sp³-hybridized carbons (Fsp3) is 0.421. The van der Waals surface area contributed by atoms with Crippen LogP contribution >= 0.6 is 0 Å². The van der Waals surface area contributed by atoms with E-state index in [0.717, 1.165) is 22.5 Å². The average molecular weight is 343 g/mol. The van der Waals surface area contributed by atoms with Crippen molar-refractivity contribution in [1.29, 1.82) is 0 Å². The summed E-state index contributed by atoms with van der Waals surface area (Å²) >= 11 is 0. The highest BCUT2D eigenvalue weighted by Crippen LogP contribution is 2.19. The molecule has 1 N–H and O–H groups in total. The Labute approximate surface area is 148 Å². The summed E-state index contributed by atoms with van der Waals surface area (Å²) < 4.78 is 1.84. The summed E-state index contributed by atoms with van der Waals surface area (Å²) in [5, 5.41) is 13.3. The molecule has 1 atom stereocenters. The predicted molar refractivity (Wildman–Crippen MR) is 95.4 cm³/mol. The van der Waals surface area contributed by atoms with Crippen molar-refractivity contribution in [3.8, 4) is 0 Å². The number of aryl methyl sites for hydroxylation is 2. The first kappa shape index (κ1) is 18.7. The van der Waals surface area contributed by atoms with Crippen LogP contribution in [0.15, 0.2) is 24.3 Å². The van der Waals surface area contributed by atoms with Crippen LogP contribution in [0.1, 0.15) is 39.8 Å². The second-order valence-electron chi connectivity index (χ2n) is 6.57. The lowest BCUT2D eigenvalue weighted by Gasteiger charge is -2.22. The quantitative estimate of drug-likeness (QED) is 0.875. The second kappa shape index (κ2) is 7.51. The number of rotatable bonds is 6. The summed E-state index contributed by atoms with van der Waals surface area (Å²) in [6.07, 6.45) is 0.659. The Morgan fingerprint density at radius 1 is 1.24 bits per heavy atom. The highest BCUT2D eigenvalue weighted by Gasteiger charge is 2.21. The maximum atomic E-state index is 12.7. The van der Waals surface area contributed by atoms with E-state index in [0.29, 0.717) is 13.0 Å². The van der Waals surface area contributed by atoms with Gasteiger partial charge in [-0.15, -0.1) is 0 Å².